The van der Waals surface area contributed by atoms with E-state index < -0.39 is 0 Å². The van der Waals surface area contributed by atoms with Gasteiger partial charge in [0.2, 0.25) is 0 Å². The molecule has 0 amide bonds. The second kappa shape index (κ2) is 2.92. The van der Waals surface area contributed by atoms with Gasteiger partial charge in [-0.2, -0.15) is 5.10 Å². The molecule has 1 aromatic heterocycles. The predicted octanol–water partition coefficient (Wildman–Crippen LogP) is 2.63. The first-order valence-corrected chi connectivity index (χ1v) is 4.81. The second-order valence-corrected chi connectivity index (χ2v) is 4.09. The molecule has 1 aromatic rings. The minimum absolute atomic E-state index is 0.384. The third-order valence-corrected chi connectivity index (χ3v) is 3.11. The minimum Gasteiger partial charge on any atom is -0.282 e. The smallest absolute Gasteiger partial charge is 0.0490 e. The second-order valence-electron chi connectivity index (χ2n) is 4.09. The van der Waals surface area contributed by atoms with Crippen molar-refractivity contribution in [2.24, 2.45) is 0 Å². The predicted molar refractivity (Wildman–Crippen MR) is 49.0 cm³/mol. The zero-order valence-corrected chi connectivity index (χ0v) is 7.64. The van der Waals surface area contributed by atoms with Crippen LogP contribution >= 0.6 is 0 Å². The summed E-state index contributed by atoms with van der Waals surface area (Å²) >= 11 is 0. The maximum Gasteiger partial charge on any atom is 0.0490 e. The van der Waals surface area contributed by atoms with E-state index >= 15 is 0 Å². The van der Waals surface area contributed by atoms with Gasteiger partial charge in [-0.1, -0.05) is 26.2 Å². The Kier molecular flexibility index (Phi) is 1.91. The Morgan fingerprint density at radius 1 is 1.33 bits per heavy atom. The zero-order chi connectivity index (χ0) is 8.44. The van der Waals surface area contributed by atoms with Crippen LogP contribution < -0.4 is 0 Å². The topological polar surface area (TPSA) is 28.7 Å². The molecule has 0 atom stereocenters. The van der Waals surface area contributed by atoms with Crippen molar-refractivity contribution in [3.63, 3.8) is 0 Å². The lowest BCUT2D eigenvalue weighted by molar-refractivity contribution is 0.312. The third kappa shape index (κ3) is 1.26. The van der Waals surface area contributed by atoms with E-state index in [4.69, 9.17) is 0 Å². The van der Waals surface area contributed by atoms with Crippen LogP contribution in [0, 0.1) is 0 Å². The summed E-state index contributed by atoms with van der Waals surface area (Å²) in [4.78, 5) is 0. The van der Waals surface area contributed by atoms with Gasteiger partial charge < -0.3 is 0 Å². The van der Waals surface area contributed by atoms with E-state index in [1.54, 1.807) is 0 Å². The molecule has 1 N–H and O–H groups in total. The van der Waals surface area contributed by atoms with E-state index in [9.17, 15) is 0 Å². The van der Waals surface area contributed by atoms with E-state index in [-0.39, 0.29) is 0 Å². The number of aromatic amines is 1. The quantitative estimate of drug-likeness (QED) is 0.679. The molecule has 0 radical (unpaired) electrons. The Labute approximate surface area is 73.4 Å². The molecule has 2 nitrogen and oxygen atoms in total. The summed E-state index contributed by atoms with van der Waals surface area (Å²) in [7, 11) is 0. The summed E-state index contributed by atoms with van der Waals surface area (Å²) in [5.74, 6) is 0. The summed E-state index contributed by atoms with van der Waals surface area (Å²) in [6.07, 6.45) is 8.63. The normalized spacial score (nSPS) is 22.4. The zero-order valence-electron chi connectivity index (χ0n) is 7.64. The Bertz CT molecular complexity index is 232. The molecule has 1 fully saturated rings. The van der Waals surface area contributed by atoms with Gasteiger partial charge in [-0.25, -0.2) is 0 Å². The average Bonchev–Trinajstić information content (AvgIpc) is 2.58. The Morgan fingerprint density at radius 2 is 2.08 bits per heavy atom. The molecule has 1 heterocycles. The maximum atomic E-state index is 4.02. The number of nitrogens with zero attached hydrogens (tertiary/aromatic N) is 1. The molecule has 12 heavy (non-hydrogen) atoms. The molecule has 1 aliphatic rings. The number of hydrogen-bond donors (Lipinski definition) is 1. The number of nitrogens with one attached hydrogen (secondary N) is 1. The summed E-state index contributed by atoms with van der Waals surface area (Å²) in [5, 5.41) is 7.11. The number of H-pyrrole nitrogens is 1. The van der Waals surface area contributed by atoms with Gasteiger partial charge in [0.05, 0.1) is 0 Å². The van der Waals surface area contributed by atoms with Crippen LogP contribution in [-0.4, -0.2) is 10.2 Å². The van der Waals surface area contributed by atoms with Crippen molar-refractivity contribution in [1.29, 1.82) is 0 Å². The molecular formula is C10H16N2. The minimum atomic E-state index is 0.384. The molecule has 66 valence electrons. The van der Waals surface area contributed by atoms with Crippen LogP contribution in [0.25, 0.3) is 0 Å². The van der Waals surface area contributed by atoms with Crippen molar-refractivity contribution in [1.82, 2.24) is 10.2 Å². The standard InChI is InChI=1S/C10H16N2/c1-10(6-3-2-4-7-10)9-5-8-11-12-9/h5,8H,2-4,6-7H2,1H3,(H,11,12). The van der Waals surface area contributed by atoms with E-state index in [0.717, 1.165) is 0 Å². The van der Waals surface area contributed by atoms with Crippen LogP contribution in [0.4, 0.5) is 0 Å². The molecule has 0 spiro atoms. The van der Waals surface area contributed by atoms with Crippen molar-refractivity contribution in [2.45, 2.75) is 44.4 Å². The third-order valence-electron chi connectivity index (χ3n) is 3.11. The summed E-state index contributed by atoms with van der Waals surface area (Å²) in [6, 6.07) is 2.12. The SMILES string of the molecule is CC1(c2ccn[nH]2)CCCCC1. The van der Waals surface area contributed by atoms with Crippen LogP contribution in [0.15, 0.2) is 12.3 Å². The van der Waals surface area contributed by atoms with Gasteiger partial charge in [0.25, 0.3) is 0 Å². The lowest BCUT2D eigenvalue weighted by Crippen LogP contribution is -2.25. The summed E-state index contributed by atoms with van der Waals surface area (Å²) in [5.41, 5.74) is 1.71. The van der Waals surface area contributed by atoms with E-state index in [1.807, 2.05) is 6.20 Å². The lowest BCUT2D eigenvalue weighted by atomic mass is 9.73. The Balaban J connectivity index is 2.19. The number of aromatic nitrogens is 2. The summed E-state index contributed by atoms with van der Waals surface area (Å²) in [6.45, 7) is 2.35. The highest BCUT2D eigenvalue weighted by molar-refractivity contribution is 5.13. The van der Waals surface area contributed by atoms with Gasteiger partial charge in [0.15, 0.2) is 0 Å². The van der Waals surface area contributed by atoms with Crippen LogP contribution in [-0.2, 0) is 5.41 Å². The summed E-state index contributed by atoms with van der Waals surface area (Å²) < 4.78 is 0. The van der Waals surface area contributed by atoms with E-state index in [2.05, 4.69) is 23.2 Å². The first-order chi connectivity index (χ1) is 5.81. The highest BCUT2D eigenvalue weighted by Gasteiger charge is 2.29. The molecule has 0 aromatic carbocycles. The average molecular weight is 164 g/mol. The van der Waals surface area contributed by atoms with Gasteiger partial charge >= 0.3 is 0 Å². The van der Waals surface area contributed by atoms with Gasteiger partial charge in [-0.05, 0) is 18.9 Å². The Hall–Kier alpha value is -0.790. The number of rotatable bonds is 1. The largest absolute Gasteiger partial charge is 0.282 e. The van der Waals surface area contributed by atoms with Crippen molar-refractivity contribution < 1.29 is 0 Å². The molecule has 0 unspecified atom stereocenters. The van der Waals surface area contributed by atoms with Crippen molar-refractivity contribution in [2.75, 3.05) is 0 Å². The molecule has 0 aliphatic heterocycles. The molecule has 1 aliphatic carbocycles. The lowest BCUT2D eigenvalue weighted by Gasteiger charge is -2.32. The van der Waals surface area contributed by atoms with Crippen molar-refractivity contribution in [3.05, 3.63) is 18.0 Å². The van der Waals surface area contributed by atoms with Crippen LogP contribution in [0.5, 0.6) is 0 Å². The van der Waals surface area contributed by atoms with Crippen LogP contribution in [0.1, 0.15) is 44.7 Å². The van der Waals surface area contributed by atoms with Gasteiger partial charge in [-0.15, -0.1) is 0 Å². The fraction of sp³-hybridized carbons (Fsp3) is 0.700. The van der Waals surface area contributed by atoms with Crippen molar-refractivity contribution in [3.8, 4) is 0 Å². The highest BCUT2D eigenvalue weighted by atomic mass is 15.1. The van der Waals surface area contributed by atoms with Crippen LogP contribution in [0.3, 0.4) is 0 Å². The molecule has 2 heteroatoms. The van der Waals surface area contributed by atoms with E-state index in [1.165, 1.54) is 37.8 Å². The first kappa shape index (κ1) is 7.84. The first-order valence-electron chi connectivity index (χ1n) is 4.81. The molecule has 1 saturated carbocycles. The monoisotopic (exact) mass is 164 g/mol. The van der Waals surface area contributed by atoms with Gasteiger partial charge in [0, 0.05) is 17.3 Å². The fourth-order valence-electron chi connectivity index (χ4n) is 2.19. The highest BCUT2D eigenvalue weighted by Crippen LogP contribution is 2.37. The number of hydrogen-bond acceptors (Lipinski definition) is 1. The van der Waals surface area contributed by atoms with Crippen molar-refractivity contribution >= 4 is 0 Å². The van der Waals surface area contributed by atoms with Gasteiger partial charge in [-0.3, -0.25) is 5.10 Å². The fourth-order valence-corrected chi connectivity index (χ4v) is 2.19. The molecular weight excluding hydrogens is 148 g/mol. The maximum absolute atomic E-state index is 4.02. The molecule has 0 bridgehead atoms. The Morgan fingerprint density at radius 3 is 2.67 bits per heavy atom. The molecule has 2 rings (SSSR count). The van der Waals surface area contributed by atoms with E-state index in [0.29, 0.717) is 5.41 Å². The molecule has 0 saturated heterocycles. The van der Waals surface area contributed by atoms with Crippen LogP contribution in [0.2, 0.25) is 0 Å². The van der Waals surface area contributed by atoms with Gasteiger partial charge in [0.1, 0.15) is 0 Å².